The molecule has 9 nitrogen and oxygen atoms in total. The molecule has 12 heteroatoms. The zero-order valence-electron chi connectivity index (χ0n) is 15.5. The maximum absolute atomic E-state index is 11.6. The number of halogens is 2. The van der Waals surface area contributed by atoms with Crippen LogP contribution in [0.2, 0.25) is 10.3 Å². The highest BCUT2D eigenvalue weighted by Crippen LogP contribution is 2.29. The summed E-state index contributed by atoms with van der Waals surface area (Å²) in [4.78, 5) is 8.82. The average molecular weight is 443 g/mol. The van der Waals surface area contributed by atoms with Crippen LogP contribution in [0.4, 0.5) is 11.6 Å². The van der Waals surface area contributed by atoms with Crippen molar-refractivity contribution in [1.82, 2.24) is 33.8 Å². The third-order valence-electron chi connectivity index (χ3n) is 4.84. The number of piperidine rings is 1. The predicted molar refractivity (Wildman–Crippen MR) is 110 cm³/mol. The van der Waals surface area contributed by atoms with E-state index in [0.717, 1.165) is 25.9 Å². The van der Waals surface area contributed by atoms with Gasteiger partial charge in [-0.1, -0.05) is 23.2 Å². The van der Waals surface area contributed by atoms with Crippen LogP contribution in [0.25, 0.3) is 11.0 Å². The molecule has 1 N–H and O–H groups in total. The van der Waals surface area contributed by atoms with Gasteiger partial charge in [0.2, 0.25) is 5.95 Å². The Morgan fingerprint density at radius 3 is 2.68 bits per heavy atom. The standard InChI is InChI=1S/C16H20Cl2N8OS/c1-3-25-15-11(13(17)22-25)8-19-16(21-15)20-12-9-26(23-14(12)18)10-4-6-24(7-5-10)28(2)27/h8-10H,3-7H2,1-2H3,(H,19,20,21). The monoisotopic (exact) mass is 442 g/mol. The van der Waals surface area contributed by atoms with Crippen molar-refractivity contribution in [3.05, 3.63) is 22.7 Å². The van der Waals surface area contributed by atoms with Gasteiger partial charge in [0.15, 0.2) is 16.0 Å². The molecule has 1 unspecified atom stereocenters. The van der Waals surface area contributed by atoms with Gasteiger partial charge in [0.05, 0.1) is 23.3 Å². The molecule has 1 saturated heterocycles. The zero-order valence-corrected chi connectivity index (χ0v) is 17.8. The molecule has 0 radical (unpaired) electrons. The van der Waals surface area contributed by atoms with Gasteiger partial charge < -0.3 is 9.87 Å². The quantitative estimate of drug-likeness (QED) is 0.605. The van der Waals surface area contributed by atoms with Crippen LogP contribution in [0.5, 0.6) is 0 Å². The molecule has 0 bridgehead atoms. The Balaban J connectivity index is 1.52. The molecule has 1 aliphatic rings. The molecule has 1 fully saturated rings. The summed E-state index contributed by atoms with van der Waals surface area (Å²) in [5, 5.41) is 13.2. The largest absolute Gasteiger partial charge is 0.598 e. The van der Waals surface area contributed by atoms with Crippen LogP contribution < -0.4 is 5.32 Å². The average Bonchev–Trinajstić information content (AvgIpc) is 3.21. The van der Waals surface area contributed by atoms with Crippen molar-refractivity contribution in [1.29, 1.82) is 0 Å². The summed E-state index contributed by atoms with van der Waals surface area (Å²) in [5.74, 6) is 0.399. The lowest BCUT2D eigenvalue weighted by atomic mass is 10.1. The molecule has 1 aliphatic heterocycles. The van der Waals surface area contributed by atoms with Crippen LogP contribution in [0.15, 0.2) is 12.4 Å². The predicted octanol–water partition coefficient (Wildman–Crippen LogP) is 3.02. The van der Waals surface area contributed by atoms with Crippen molar-refractivity contribution in [3.63, 3.8) is 0 Å². The Morgan fingerprint density at radius 2 is 2.00 bits per heavy atom. The second kappa shape index (κ2) is 8.03. The third kappa shape index (κ3) is 3.79. The molecule has 150 valence electrons. The maximum Gasteiger partial charge on any atom is 0.229 e. The van der Waals surface area contributed by atoms with Crippen molar-refractivity contribution in [2.45, 2.75) is 32.4 Å². The highest BCUT2D eigenvalue weighted by Gasteiger charge is 2.26. The van der Waals surface area contributed by atoms with Crippen molar-refractivity contribution in [2.24, 2.45) is 0 Å². The number of hydrogen-bond donors (Lipinski definition) is 1. The van der Waals surface area contributed by atoms with E-state index in [-0.39, 0.29) is 6.04 Å². The second-order valence-electron chi connectivity index (χ2n) is 6.56. The third-order valence-corrected chi connectivity index (χ3v) is 6.49. The molecule has 1 atom stereocenters. The topological polar surface area (TPSA) is 99.8 Å². The molecule has 0 aliphatic carbocycles. The van der Waals surface area contributed by atoms with Gasteiger partial charge in [-0.3, -0.25) is 4.68 Å². The SMILES string of the molecule is CCn1nc(Cl)c2cnc(Nc3cn(C4CCN([S+](C)[O-])CC4)nc3Cl)nc21. The van der Waals surface area contributed by atoms with Gasteiger partial charge in [-0.15, -0.1) is 4.31 Å². The van der Waals surface area contributed by atoms with Crippen molar-refractivity contribution in [3.8, 4) is 0 Å². The minimum Gasteiger partial charge on any atom is -0.598 e. The summed E-state index contributed by atoms with van der Waals surface area (Å²) >= 11 is 11.5. The lowest BCUT2D eigenvalue weighted by molar-refractivity contribution is 0.262. The fraction of sp³-hybridized carbons (Fsp3) is 0.500. The lowest BCUT2D eigenvalue weighted by Gasteiger charge is -2.30. The van der Waals surface area contributed by atoms with E-state index in [4.69, 9.17) is 23.2 Å². The molecular weight excluding hydrogens is 423 g/mol. The smallest absolute Gasteiger partial charge is 0.229 e. The van der Waals surface area contributed by atoms with Gasteiger partial charge in [-0.2, -0.15) is 15.2 Å². The Hall–Kier alpha value is -1.59. The molecule has 0 spiro atoms. The molecule has 0 aromatic carbocycles. The second-order valence-corrected chi connectivity index (χ2v) is 8.64. The van der Waals surface area contributed by atoms with Crippen molar-refractivity contribution in [2.75, 3.05) is 24.7 Å². The molecule has 28 heavy (non-hydrogen) atoms. The normalized spacial score (nSPS) is 17.3. The lowest BCUT2D eigenvalue weighted by Crippen LogP contribution is -2.38. The number of aryl methyl sites for hydroxylation is 1. The van der Waals surface area contributed by atoms with Crippen LogP contribution in [0, 0.1) is 0 Å². The highest BCUT2D eigenvalue weighted by atomic mass is 35.5. The molecule has 3 aromatic rings. The Labute approximate surface area is 175 Å². The van der Waals surface area contributed by atoms with E-state index in [9.17, 15) is 4.55 Å². The first-order valence-electron chi connectivity index (χ1n) is 8.95. The molecular formula is C16H20Cl2N8OS. The van der Waals surface area contributed by atoms with Crippen molar-refractivity contribution < 1.29 is 4.55 Å². The Bertz CT molecular complexity index is 983. The summed E-state index contributed by atoms with van der Waals surface area (Å²) in [6, 6.07) is 0.219. The molecule has 4 rings (SSSR count). The van der Waals surface area contributed by atoms with Gasteiger partial charge in [0, 0.05) is 37.2 Å². The van der Waals surface area contributed by atoms with Gasteiger partial charge in [0.25, 0.3) is 0 Å². The number of rotatable bonds is 5. The minimum absolute atomic E-state index is 0.219. The van der Waals surface area contributed by atoms with Gasteiger partial charge in [-0.25, -0.2) is 9.67 Å². The summed E-state index contributed by atoms with van der Waals surface area (Å²) in [5.41, 5.74) is 1.30. The number of nitrogens with zero attached hydrogens (tertiary/aromatic N) is 7. The first kappa shape index (κ1) is 19.7. The summed E-state index contributed by atoms with van der Waals surface area (Å²) < 4.78 is 17.2. The number of anilines is 2. The summed E-state index contributed by atoms with van der Waals surface area (Å²) in [6.45, 7) is 4.17. The van der Waals surface area contributed by atoms with Crippen molar-refractivity contribution >= 4 is 57.2 Å². The van der Waals surface area contributed by atoms with Crippen LogP contribution in [0.1, 0.15) is 25.8 Å². The number of nitrogens with one attached hydrogen (secondary N) is 1. The summed E-state index contributed by atoms with van der Waals surface area (Å²) in [7, 11) is 0. The van der Waals surface area contributed by atoms with Crippen LogP contribution in [0.3, 0.4) is 0 Å². The molecule has 0 saturated carbocycles. The van der Waals surface area contributed by atoms with E-state index in [1.807, 2.05) is 22.1 Å². The molecule has 4 heterocycles. The van der Waals surface area contributed by atoms with Gasteiger partial charge in [-0.05, 0) is 19.8 Å². The van der Waals surface area contributed by atoms with E-state index in [1.54, 1.807) is 17.1 Å². The van der Waals surface area contributed by atoms with E-state index in [0.29, 0.717) is 39.5 Å². The van der Waals surface area contributed by atoms with Crippen LogP contribution in [-0.4, -0.2) is 57.7 Å². The van der Waals surface area contributed by atoms with Gasteiger partial charge in [0.1, 0.15) is 6.26 Å². The first-order valence-corrected chi connectivity index (χ1v) is 11.2. The van der Waals surface area contributed by atoms with Crippen LogP contribution in [-0.2, 0) is 17.9 Å². The number of aromatic nitrogens is 6. The fourth-order valence-electron chi connectivity index (χ4n) is 3.33. The number of hydrogen-bond acceptors (Lipinski definition) is 7. The van der Waals surface area contributed by atoms with Gasteiger partial charge >= 0.3 is 0 Å². The Morgan fingerprint density at radius 1 is 1.25 bits per heavy atom. The zero-order chi connectivity index (χ0) is 19.8. The Kier molecular flexibility index (Phi) is 5.66. The molecule has 0 amide bonds. The van der Waals surface area contributed by atoms with E-state index in [1.165, 1.54) is 0 Å². The molecule has 3 aromatic heterocycles. The van der Waals surface area contributed by atoms with E-state index >= 15 is 0 Å². The van der Waals surface area contributed by atoms with Crippen LogP contribution >= 0.6 is 23.2 Å². The maximum atomic E-state index is 11.6. The first-order chi connectivity index (χ1) is 13.5. The summed E-state index contributed by atoms with van der Waals surface area (Å²) in [6.07, 6.45) is 6.96. The van der Waals surface area contributed by atoms with E-state index < -0.39 is 11.4 Å². The highest BCUT2D eigenvalue weighted by molar-refractivity contribution is 7.88. The fourth-order valence-corrected chi connectivity index (χ4v) is 4.46. The number of fused-ring (bicyclic) bond motifs is 1. The van der Waals surface area contributed by atoms with E-state index in [2.05, 4.69) is 25.5 Å². The minimum atomic E-state index is -0.930.